The Morgan fingerprint density at radius 2 is 1.69 bits per heavy atom. The zero-order valence-electron chi connectivity index (χ0n) is 14.6. The number of nitrogens with zero attached hydrogens (tertiary/aromatic N) is 2. The smallest absolute Gasteiger partial charge is 0.335 e. The van der Waals surface area contributed by atoms with E-state index in [0.717, 1.165) is 5.69 Å². The second kappa shape index (κ2) is 7.65. The minimum absolute atomic E-state index is 0.216. The van der Waals surface area contributed by atoms with Gasteiger partial charge in [-0.2, -0.15) is 0 Å². The van der Waals surface area contributed by atoms with Gasteiger partial charge >= 0.3 is 5.97 Å². The molecule has 6 heteroatoms. The van der Waals surface area contributed by atoms with Gasteiger partial charge in [0.25, 0.3) is 0 Å². The van der Waals surface area contributed by atoms with Gasteiger partial charge in [-0.15, -0.1) is 0 Å². The minimum Gasteiger partial charge on any atom is -0.478 e. The van der Waals surface area contributed by atoms with E-state index in [1.807, 2.05) is 18.2 Å². The number of benzene rings is 2. The van der Waals surface area contributed by atoms with Crippen LogP contribution in [-0.2, 0) is 0 Å². The van der Waals surface area contributed by atoms with Gasteiger partial charge < -0.3 is 15.7 Å². The molecule has 0 saturated heterocycles. The minimum atomic E-state index is -0.969. The summed E-state index contributed by atoms with van der Waals surface area (Å²) >= 11 is 0. The van der Waals surface area contributed by atoms with Crippen LogP contribution in [0.25, 0.3) is 0 Å². The normalized spacial score (nSPS) is 10.6. The van der Waals surface area contributed by atoms with Crippen LogP contribution < -0.4 is 10.6 Å². The van der Waals surface area contributed by atoms with Gasteiger partial charge in [0.2, 0.25) is 0 Å². The third-order valence-corrected chi connectivity index (χ3v) is 3.89. The van der Waals surface area contributed by atoms with Crippen molar-refractivity contribution in [3.05, 3.63) is 72.1 Å². The van der Waals surface area contributed by atoms with Crippen LogP contribution in [0.1, 0.15) is 35.7 Å². The summed E-state index contributed by atoms with van der Waals surface area (Å²) in [4.78, 5) is 19.6. The molecule has 0 spiro atoms. The first-order valence-electron chi connectivity index (χ1n) is 8.31. The third kappa shape index (κ3) is 4.16. The predicted octanol–water partition coefficient (Wildman–Crippen LogP) is 4.79. The number of aromatic nitrogens is 2. The number of anilines is 4. The first-order chi connectivity index (χ1) is 12.5. The molecule has 0 aliphatic rings. The molecule has 1 aromatic heterocycles. The Bertz CT molecular complexity index is 925. The quantitative estimate of drug-likeness (QED) is 0.594. The SMILES string of the molecule is CC(C)c1ccccc1Nc1cc(Nc2cccc(C(=O)O)c2)ncn1. The number of carboxylic acid groups (broad SMARTS) is 1. The highest BCUT2D eigenvalue weighted by Gasteiger charge is 2.08. The Labute approximate surface area is 152 Å². The lowest BCUT2D eigenvalue weighted by atomic mass is 10.0. The average Bonchev–Trinajstić information content (AvgIpc) is 2.62. The van der Waals surface area contributed by atoms with E-state index in [-0.39, 0.29) is 5.56 Å². The summed E-state index contributed by atoms with van der Waals surface area (Å²) < 4.78 is 0. The van der Waals surface area contributed by atoms with Crippen molar-refractivity contribution in [2.24, 2.45) is 0 Å². The fraction of sp³-hybridized carbons (Fsp3) is 0.150. The van der Waals surface area contributed by atoms with Gasteiger partial charge in [0.05, 0.1) is 5.56 Å². The van der Waals surface area contributed by atoms with Crippen LogP contribution in [-0.4, -0.2) is 21.0 Å². The molecule has 132 valence electrons. The summed E-state index contributed by atoms with van der Waals surface area (Å²) in [5.41, 5.74) is 3.07. The molecule has 3 rings (SSSR count). The van der Waals surface area contributed by atoms with Crippen LogP contribution in [0.5, 0.6) is 0 Å². The van der Waals surface area contributed by atoms with Crippen molar-refractivity contribution in [3.8, 4) is 0 Å². The molecule has 6 nitrogen and oxygen atoms in total. The molecule has 0 aliphatic carbocycles. The molecule has 0 amide bonds. The van der Waals surface area contributed by atoms with Crippen molar-refractivity contribution in [3.63, 3.8) is 0 Å². The van der Waals surface area contributed by atoms with E-state index < -0.39 is 5.97 Å². The van der Waals surface area contributed by atoms with Gasteiger partial charge in [-0.05, 0) is 35.7 Å². The molecule has 0 saturated carbocycles. The Kier molecular flexibility index (Phi) is 5.12. The monoisotopic (exact) mass is 348 g/mol. The predicted molar refractivity (Wildman–Crippen MR) is 103 cm³/mol. The molecule has 0 aliphatic heterocycles. The number of hydrogen-bond donors (Lipinski definition) is 3. The molecule has 3 N–H and O–H groups in total. The van der Waals surface area contributed by atoms with Crippen molar-refractivity contribution in [2.75, 3.05) is 10.6 Å². The molecule has 1 heterocycles. The molecule has 0 bridgehead atoms. The van der Waals surface area contributed by atoms with Gasteiger partial charge in [-0.3, -0.25) is 0 Å². The van der Waals surface area contributed by atoms with Crippen LogP contribution in [0, 0.1) is 0 Å². The molecular formula is C20H20N4O2. The summed E-state index contributed by atoms with van der Waals surface area (Å²) in [5.74, 6) is 0.651. The van der Waals surface area contributed by atoms with Crippen LogP contribution in [0.15, 0.2) is 60.9 Å². The molecule has 0 radical (unpaired) electrons. The van der Waals surface area contributed by atoms with E-state index in [1.54, 1.807) is 30.3 Å². The number of hydrogen-bond acceptors (Lipinski definition) is 5. The molecule has 0 unspecified atom stereocenters. The van der Waals surface area contributed by atoms with E-state index >= 15 is 0 Å². The van der Waals surface area contributed by atoms with Crippen molar-refractivity contribution in [2.45, 2.75) is 19.8 Å². The zero-order chi connectivity index (χ0) is 18.5. The van der Waals surface area contributed by atoms with E-state index in [0.29, 0.717) is 23.2 Å². The summed E-state index contributed by atoms with van der Waals surface area (Å²) in [6.45, 7) is 4.28. The van der Waals surface area contributed by atoms with Crippen molar-refractivity contribution >= 4 is 29.0 Å². The number of rotatable bonds is 6. The first kappa shape index (κ1) is 17.4. The Morgan fingerprint density at radius 1 is 0.962 bits per heavy atom. The van der Waals surface area contributed by atoms with Gasteiger partial charge in [0, 0.05) is 17.4 Å². The average molecular weight is 348 g/mol. The van der Waals surface area contributed by atoms with Crippen molar-refractivity contribution in [1.29, 1.82) is 0 Å². The van der Waals surface area contributed by atoms with Crippen LogP contribution in [0.4, 0.5) is 23.0 Å². The highest BCUT2D eigenvalue weighted by atomic mass is 16.4. The molecule has 0 atom stereocenters. The van der Waals surface area contributed by atoms with E-state index in [1.165, 1.54) is 11.9 Å². The van der Waals surface area contributed by atoms with E-state index in [4.69, 9.17) is 5.11 Å². The maximum Gasteiger partial charge on any atom is 0.335 e. The maximum absolute atomic E-state index is 11.1. The molecular weight excluding hydrogens is 328 g/mol. The van der Waals surface area contributed by atoms with Gasteiger partial charge in [0.15, 0.2) is 0 Å². The second-order valence-electron chi connectivity index (χ2n) is 6.17. The summed E-state index contributed by atoms with van der Waals surface area (Å²) in [6.07, 6.45) is 1.46. The molecule has 0 fully saturated rings. The largest absolute Gasteiger partial charge is 0.478 e. The van der Waals surface area contributed by atoms with Crippen LogP contribution in [0.2, 0.25) is 0 Å². The highest BCUT2D eigenvalue weighted by molar-refractivity contribution is 5.89. The van der Waals surface area contributed by atoms with Crippen LogP contribution >= 0.6 is 0 Å². The second-order valence-corrected chi connectivity index (χ2v) is 6.17. The van der Waals surface area contributed by atoms with Gasteiger partial charge in [-0.1, -0.05) is 38.1 Å². The Hall–Kier alpha value is -3.41. The van der Waals surface area contributed by atoms with E-state index in [2.05, 4.69) is 40.5 Å². The highest BCUT2D eigenvalue weighted by Crippen LogP contribution is 2.27. The summed E-state index contributed by atoms with van der Waals surface area (Å²) in [6, 6.07) is 16.5. The van der Waals surface area contributed by atoms with E-state index in [9.17, 15) is 4.79 Å². The fourth-order valence-electron chi connectivity index (χ4n) is 2.62. The number of para-hydroxylation sites is 1. The summed E-state index contributed by atoms with van der Waals surface area (Å²) in [7, 11) is 0. The lowest BCUT2D eigenvalue weighted by Gasteiger charge is -2.14. The topological polar surface area (TPSA) is 87.1 Å². The van der Waals surface area contributed by atoms with Crippen LogP contribution in [0.3, 0.4) is 0 Å². The standard InChI is InChI=1S/C20H20N4O2/c1-13(2)16-8-3-4-9-17(16)24-19-11-18(21-12-22-19)23-15-7-5-6-14(10-15)20(25)26/h3-13H,1-2H3,(H,25,26)(H2,21,22,23,24). The first-order valence-corrected chi connectivity index (χ1v) is 8.31. The lowest BCUT2D eigenvalue weighted by molar-refractivity contribution is 0.0697. The fourth-order valence-corrected chi connectivity index (χ4v) is 2.62. The summed E-state index contributed by atoms with van der Waals surface area (Å²) in [5, 5.41) is 15.5. The Balaban J connectivity index is 1.81. The number of aromatic carboxylic acids is 1. The maximum atomic E-state index is 11.1. The van der Waals surface area contributed by atoms with Gasteiger partial charge in [0.1, 0.15) is 18.0 Å². The number of carboxylic acids is 1. The third-order valence-electron chi connectivity index (χ3n) is 3.89. The Morgan fingerprint density at radius 3 is 2.42 bits per heavy atom. The lowest BCUT2D eigenvalue weighted by Crippen LogP contribution is -2.02. The molecule has 26 heavy (non-hydrogen) atoms. The van der Waals surface area contributed by atoms with Crippen molar-refractivity contribution in [1.82, 2.24) is 9.97 Å². The number of carbonyl (C=O) groups is 1. The van der Waals surface area contributed by atoms with Crippen molar-refractivity contribution < 1.29 is 9.90 Å². The van der Waals surface area contributed by atoms with Gasteiger partial charge in [-0.25, -0.2) is 14.8 Å². The molecule has 2 aromatic carbocycles. The number of nitrogens with one attached hydrogen (secondary N) is 2. The zero-order valence-corrected chi connectivity index (χ0v) is 14.6. The molecule has 3 aromatic rings.